The van der Waals surface area contributed by atoms with Gasteiger partial charge in [0.15, 0.2) is 0 Å². The number of methoxy groups -OCH3 is 1. The van der Waals surface area contributed by atoms with E-state index in [2.05, 4.69) is 15.9 Å². The molecule has 1 saturated heterocycles. The largest absolute Gasteiger partial charge is 0.496 e. The van der Waals surface area contributed by atoms with E-state index in [1.54, 1.807) is 25.3 Å². The van der Waals surface area contributed by atoms with E-state index in [0.29, 0.717) is 11.5 Å². The molecular weight excluding hydrogens is 308 g/mol. The van der Waals surface area contributed by atoms with Gasteiger partial charge in [-0.25, -0.2) is 0 Å². The molecule has 1 aromatic carbocycles. The van der Waals surface area contributed by atoms with E-state index in [1.807, 2.05) is 11.8 Å². The molecule has 2 rings (SSSR count). The van der Waals surface area contributed by atoms with Crippen molar-refractivity contribution in [2.24, 2.45) is 11.7 Å². The molecule has 1 aliphatic rings. The normalized spacial score (nSPS) is 20.4. The van der Waals surface area contributed by atoms with Crippen LogP contribution in [-0.4, -0.2) is 37.0 Å². The van der Waals surface area contributed by atoms with Crippen molar-refractivity contribution in [3.63, 3.8) is 0 Å². The van der Waals surface area contributed by atoms with E-state index >= 15 is 0 Å². The van der Waals surface area contributed by atoms with E-state index in [1.165, 1.54) is 0 Å². The molecule has 2 N–H and O–H groups in total. The number of carbonyl (C=O) groups excluding carboxylic acids is 1. The van der Waals surface area contributed by atoms with Crippen LogP contribution in [0.1, 0.15) is 23.7 Å². The Labute approximate surface area is 122 Å². The third kappa shape index (κ3) is 3.09. The Kier molecular flexibility index (Phi) is 4.47. The number of nitrogens with zero attached hydrogens (tertiary/aromatic N) is 1. The van der Waals surface area contributed by atoms with Crippen LogP contribution in [0.5, 0.6) is 5.75 Å². The number of hydrogen-bond donors (Lipinski definition) is 1. The van der Waals surface area contributed by atoms with Gasteiger partial charge in [0.1, 0.15) is 5.75 Å². The Morgan fingerprint density at radius 1 is 1.58 bits per heavy atom. The minimum atomic E-state index is 0.0616. The van der Waals surface area contributed by atoms with Gasteiger partial charge in [-0.2, -0.15) is 0 Å². The molecule has 19 heavy (non-hydrogen) atoms. The lowest BCUT2D eigenvalue weighted by atomic mass is 10.0. The Balaban J connectivity index is 2.10. The highest BCUT2D eigenvalue weighted by atomic mass is 79.9. The van der Waals surface area contributed by atoms with Gasteiger partial charge < -0.3 is 15.4 Å². The number of halogens is 1. The zero-order valence-corrected chi connectivity index (χ0v) is 12.8. The summed E-state index contributed by atoms with van der Waals surface area (Å²) in [5, 5.41) is 0. The maximum absolute atomic E-state index is 12.4. The summed E-state index contributed by atoms with van der Waals surface area (Å²) < 4.78 is 5.96. The Bertz CT molecular complexity index is 477. The van der Waals surface area contributed by atoms with Crippen LogP contribution >= 0.6 is 15.9 Å². The average molecular weight is 327 g/mol. The van der Waals surface area contributed by atoms with Crippen LogP contribution in [-0.2, 0) is 0 Å². The van der Waals surface area contributed by atoms with Crippen LogP contribution in [0.4, 0.5) is 0 Å². The summed E-state index contributed by atoms with van der Waals surface area (Å²) in [6, 6.07) is 5.54. The van der Waals surface area contributed by atoms with Crippen molar-refractivity contribution < 1.29 is 9.53 Å². The SMILES string of the molecule is COc1ccc(C(=O)N2CCC(C(C)N)C2)cc1Br. The second-order valence-electron chi connectivity index (χ2n) is 5.01. The average Bonchev–Trinajstić information content (AvgIpc) is 2.87. The fraction of sp³-hybridized carbons (Fsp3) is 0.500. The molecule has 5 heteroatoms. The molecule has 1 aromatic rings. The van der Waals surface area contributed by atoms with E-state index in [4.69, 9.17) is 10.5 Å². The Morgan fingerprint density at radius 2 is 2.32 bits per heavy atom. The second kappa shape index (κ2) is 5.92. The van der Waals surface area contributed by atoms with Crippen molar-refractivity contribution in [2.75, 3.05) is 20.2 Å². The minimum absolute atomic E-state index is 0.0616. The first-order valence-electron chi connectivity index (χ1n) is 6.41. The molecule has 2 unspecified atom stereocenters. The van der Waals surface area contributed by atoms with Crippen molar-refractivity contribution >= 4 is 21.8 Å². The fourth-order valence-electron chi connectivity index (χ4n) is 2.38. The van der Waals surface area contributed by atoms with Crippen LogP contribution in [0.2, 0.25) is 0 Å². The molecule has 0 spiro atoms. The number of nitrogens with two attached hydrogens (primary N) is 1. The summed E-state index contributed by atoms with van der Waals surface area (Å²) in [5.41, 5.74) is 6.58. The van der Waals surface area contributed by atoms with Gasteiger partial charge in [0.2, 0.25) is 0 Å². The lowest BCUT2D eigenvalue weighted by molar-refractivity contribution is 0.0786. The van der Waals surface area contributed by atoms with Gasteiger partial charge in [0.25, 0.3) is 5.91 Å². The minimum Gasteiger partial charge on any atom is -0.496 e. The lowest BCUT2D eigenvalue weighted by Crippen LogP contribution is -2.33. The van der Waals surface area contributed by atoms with E-state index in [-0.39, 0.29) is 11.9 Å². The summed E-state index contributed by atoms with van der Waals surface area (Å²) >= 11 is 3.40. The number of benzene rings is 1. The third-order valence-electron chi connectivity index (χ3n) is 3.65. The van der Waals surface area contributed by atoms with Crippen LogP contribution in [0.25, 0.3) is 0 Å². The number of likely N-dealkylation sites (tertiary alicyclic amines) is 1. The van der Waals surface area contributed by atoms with Crippen LogP contribution in [0, 0.1) is 5.92 Å². The quantitative estimate of drug-likeness (QED) is 0.927. The van der Waals surface area contributed by atoms with Gasteiger partial charge in [0, 0.05) is 24.7 Å². The van der Waals surface area contributed by atoms with Crippen molar-refractivity contribution in [1.29, 1.82) is 0 Å². The van der Waals surface area contributed by atoms with Gasteiger partial charge in [-0.3, -0.25) is 4.79 Å². The molecular formula is C14H19BrN2O2. The standard InChI is InChI=1S/C14H19BrN2O2/c1-9(16)11-5-6-17(8-11)14(18)10-3-4-13(19-2)12(15)7-10/h3-4,7,9,11H,5-6,8,16H2,1-2H3. The highest BCUT2D eigenvalue weighted by molar-refractivity contribution is 9.10. The van der Waals surface area contributed by atoms with Crippen LogP contribution in [0.3, 0.4) is 0 Å². The summed E-state index contributed by atoms with van der Waals surface area (Å²) in [6.45, 7) is 3.54. The van der Waals surface area contributed by atoms with E-state index < -0.39 is 0 Å². The van der Waals surface area contributed by atoms with Crippen LogP contribution < -0.4 is 10.5 Å². The van der Waals surface area contributed by atoms with E-state index in [0.717, 1.165) is 29.7 Å². The molecule has 0 saturated carbocycles. The molecule has 0 bridgehead atoms. The number of amides is 1. The zero-order chi connectivity index (χ0) is 14.0. The molecule has 1 heterocycles. The van der Waals surface area contributed by atoms with Gasteiger partial charge in [0.05, 0.1) is 11.6 Å². The van der Waals surface area contributed by atoms with Crippen molar-refractivity contribution in [3.05, 3.63) is 28.2 Å². The molecule has 2 atom stereocenters. The van der Waals surface area contributed by atoms with Crippen molar-refractivity contribution in [3.8, 4) is 5.75 Å². The molecule has 104 valence electrons. The topological polar surface area (TPSA) is 55.6 Å². The van der Waals surface area contributed by atoms with Gasteiger partial charge in [-0.15, -0.1) is 0 Å². The van der Waals surface area contributed by atoms with Crippen LogP contribution in [0.15, 0.2) is 22.7 Å². The molecule has 0 radical (unpaired) electrons. The first-order chi connectivity index (χ1) is 9.02. The smallest absolute Gasteiger partial charge is 0.253 e. The molecule has 0 aromatic heterocycles. The monoisotopic (exact) mass is 326 g/mol. The number of rotatable bonds is 3. The number of ether oxygens (including phenoxy) is 1. The maximum atomic E-state index is 12.4. The third-order valence-corrected chi connectivity index (χ3v) is 4.27. The lowest BCUT2D eigenvalue weighted by Gasteiger charge is -2.18. The molecule has 1 aliphatic heterocycles. The molecule has 1 amide bonds. The summed E-state index contributed by atoms with van der Waals surface area (Å²) in [5.74, 6) is 1.20. The predicted octanol–water partition coefficient (Wildman–Crippen LogP) is 2.27. The number of carbonyl (C=O) groups is 1. The molecule has 1 fully saturated rings. The van der Waals surface area contributed by atoms with Crippen molar-refractivity contribution in [1.82, 2.24) is 4.90 Å². The summed E-state index contributed by atoms with van der Waals surface area (Å²) in [7, 11) is 1.61. The highest BCUT2D eigenvalue weighted by Gasteiger charge is 2.29. The maximum Gasteiger partial charge on any atom is 0.253 e. The predicted molar refractivity (Wildman–Crippen MR) is 78.4 cm³/mol. The fourth-order valence-corrected chi connectivity index (χ4v) is 2.92. The first-order valence-corrected chi connectivity index (χ1v) is 7.20. The number of hydrogen-bond acceptors (Lipinski definition) is 3. The Morgan fingerprint density at radius 3 is 2.84 bits per heavy atom. The summed E-state index contributed by atoms with van der Waals surface area (Å²) in [6.07, 6.45) is 0.987. The van der Waals surface area contributed by atoms with Gasteiger partial charge in [-0.05, 0) is 53.4 Å². The molecule has 0 aliphatic carbocycles. The highest BCUT2D eigenvalue weighted by Crippen LogP contribution is 2.27. The first kappa shape index (κ1) is 14.3. The zero-order valence-electron chi connectivity index (χ0n) is 11.2. The van der Waals surface area contributed by atoms with Crippen molar-refractivity contribution in [2.45, 2.75) is 19.4 Å². The Hall–Kier alpha value is -1.07. The summed E-state index contributed by atoms with van der Waals surface area (Å²) in [4.78, 5) is 14.3. The van der Waals surface area contributed by atoms with E-state index in [9.17, 15) is 4.79 Å². The van der Waals surface area contributed by atoms with Gasteiger partial charge in [-0.1, -0.05) is 0 Å². The van der Waals surface area contributed by atoms with Gasteiger partial charge >= 0.3 is 0 Å². The second-order valence-corrected chi connectivity index (χ2v) is 5.86. The molecule has 4 nitrogen and oxygen atoms in total.